The third kappa shape index (κ3) is 6.11. The number of carbonyl (C=O) groups excluding carboxylic acids is 2. The molecule has 3 rings (SSSR count). The summed E-state index contributed by atoms with van der Waals surface area (Å²) >= 11 is 0. The highest BCUT2D eigenvalue weighted by Gasteiger charge is 2.48. The van der Waals surface area contributed by atoms with E-state index < -0.39 is 23.7 Å². The number of nitrogens with zero attached hydrogens (tertiary/aromatic N) is 1. The molecule has 2 saturated carbocycles. The van der Waals surface area contributed by atoms with Crippen molar-refractivity contribution in [3.05, 3.63) is 84.5 Å². The molecule has 6 heteroatoms. The number of alkyl halides is 2. The van der Waals surface area contributed by atoms with Crippen molar-refractivity contribution in [2.24, 2.45) is 5.41 Å². The van der Waals surface area contributed by atoms with Crippen LogP contribution in [-0.4, -0.2) is 41.9 Å². The number of hydrogen-bond acceptors (Lipinski definition) is 3. The van der Waals surface area contributed by atoms with Crippen LogP contribution in [0.2, 0.25) is 0 Å². The van der Waals surface area contributed by atoms with Crippen molar-refractivity contribution < 1.29 is 23.1 Å². The number of esters is 1. The average molecular weight is 512 g/mol. The molecule has 1 aromatic carbocycles. The van der Waals surface area contributed by atoms with E-state index in [1.807, 2.05) is 30.1 Å². The van der Waals surface area contributed by atoms with Crippen molar-refractivity contribution in [3.8, 4) is 0 Å². The molecule has 2 aliphatic rings. The molecule has 0 aromatic heterocycles. The summed E-state index contributed by atoms with van der Waals surface area (Å²) < 4.78 is 33.9. The molecule has 0 aliphatic heterocycles. The maximum absolute atomic E-state index is 14.4. The van der Waals surface area contributed by atoms with Crippen molar-refractivity contribution in [2.45, 2.75) is 82.7 Å². The van der Waals surface area contributed by atoms with Crippen LogP contribution in [-0.2, 0) is 9.53 Å². The number of hydrogen-bond donors (Lipinski definition) is 0. The molecule has 0 radical (unpaired) electrons. The second-order valence-electron chi connectivity index (χ2n) is 10.2. The summed E-state index contributed by atoms with van der Waals surface area (Å²) in [6.07, 6.45) is 12.6. The number of carbonyl (C=O) groups is 2. The Morgan fingerprint density at radius 1 is 1.14 bits per heavy atom. The zero-order valence-corrected chi connectivity index (χ0v) is 22.2. The number of methoxy groups -OCH3 is 1. The fraction of sp³-hybridized carbons (Fsp3) is 0.484. The molecule has 0 saturated heterocycles. The molecular weight excluding hydrogens is 472 g/mol. The van der Waals surface area contributed by atoms with Gasteiger partial charge < -0.3 is 9.64 Å². The first-order valence-electron chi connectivity index (χ1n) is 13.1. The monoisotopic (exact) mass is 511 g/mol. The summed E-state index contributed by atoms with van der Waals surface area (Å²) in [6.45, 7) is 10.8. The molecule has 0 unspecified atom stereocenters. The van der Waals surface area contributed by atoms with Crippen molar-refractivity contribution in [1.29, 1.82) is 0 Å². The minimum atomic E-state index is -2.90. The van der Waals surface area contributed by atoms with Crippen LogP contribution in [0.4, 0.5) is 8.78 Å². The van der Waals surface area contributed by atoms with E-state index in [1.165, 1.54) is 20.1 Å². The van der Waals surface area contributed by atoms with Gasteiger partial charge in [0, 0.05) is 30.0 Å². The standard InChI is InChI=1S/C31H39F2NO3/c1-6-9-10-25(8-3)30(29(36)37-5)20-17-27(18-21-30)34(26-15-16-26)28(35)24-13-11-23(12-14-24)22(4)31(32,33)19-7-2/h6-14,22,26-27H,2-3,15-21H2,1,4-5H3/b9-6-,25-10+/t22-,27?,30?/m1/s1. The van der Waals surface area contributed by atoms with Crippen LogP contribution >= 0.6 is 0 Å². The van der Waals surface area contributed by atoms with E-state index in [0.717, 1.165) is 18.4 Å². The first-order valence-corrected chi connectivity index (χ1v) is 13.1. The van der Waals surface area contributed by atoms with Crippen molar-refractivity contribution in [2.75, 3.05) is 7.11 Å². The van der Waals surface area contributed by atoms with E-state index >= 15 is 0 Å². The molecule has 2 fully saturated rings. The maximum Gasteiger partial charge on any atom is 0.316 e. The first-order chi connectivity index (χ1) is 17.6. The lowest BCUT2D eigenvalue weighted by atomic mass is 9.67. The third-order valence-corrected chi connectivity index (χ3v) is 7.90. The van der Waals surface area contributed by atoms with E-state index in [1.54, 1.807) is 30.3 Å². The highest BCUT2D eigenvalue weighted by atomic mass is 19.3. The minimum Gasteiger partial charge on any atom is -0.468 e. The summed E-state index contributed by atoms with van der Waals surface area (Å²) in [5.41, 5.74) is 1.04. The highest BCUT2D eigenvalue weighted by Crippen LogP contribution is 2.47. The molecule has 2 aliphatic carbocycles. The van der Waals surface area contributed by atoms with Crippen LogP contribution in [0.25, 0.3) is 0 Å². The second kappa shape index (κ2) is 12.0. The fourth-order valence-electron chi connectivity index (χ4n) is 5.46. The van der Waals surface area contributed by atoms with Crippen LogP contribution in [0.15, 0.2) is 73.4 Å². The van der Waals surface area contributed by atoms with E-state index in [0.29, 0.717) is 36.8 Å². The quantitative estimate of drug-likeness (QED) is 0.177. The van der Waals surface area contributed by atoms with Crippen LogP contribution in [0, 0.1) is 5.41 Å². The third-order valence-electron chi connectivity index (χ3n) is 7.90. The number of halogens is 2. The van der Waals surface area contributed by atoms with Gasteiger partial charge in [0.1, 0.15) is 0 Å². The second-order valence-corrected chi connectivity index (χ2v) is 10.2. The van der Waals surface area contributed by atoms with E-state index in [9.17, 15) is 18.4 Å². The van der Waals surface area contributed by atoms with Gasteiger partial charge in [-0.2, -0.15) is 0 Å². The predicted molar refractivity (Wildman–Crippen MR) is 144 cm³/mol. The number of ether oxygens (including phenoxy) is 1. The van der Waals surface area contributed by atoms with Gasteiger partial charge in [-0.3, -0.25) is 9.59 Å². The SMILES string of the molecule is C=CCC(F)(F)[C@H](C)c1ccc(C(=O)N(C2CC2)C2CCC(C(=O)OC)(/C(C=C)=C/C=C\C)CC2)cc1. The van der Waals surface area contributed by atoms with Gasteiger partial charge in [0.05, 0.1) is 12.5 Å². The lowest BCUT2D eigenvalue weighted by Crippen LogP contribution is -2.48. The van der Waals surface area contributed by atoms with Crippen LogP contribution in [0.3, 0.4) is 0 Å². The maximum atomic E-state index is 14.4. The lowest BCUT2D eigenvalue weighted by molar-refractivity contribution is -0.152. The lowest BCUT2D eigenvalue weighted by Gasteiger charge is -2.43. The normalized spacial score (nSPS) is 23.4. The highest BCUT2D eigenvalue weighted by molar-refractivity contribution is 5.95. The van der Waals surface area contributed by atoms with Gasteiger partial charge in [-0.25, -0.2) is 8.78 Å². The molecule has 0 spiro atoms. The average Bonchev–Trinajstić information content (AvgIpc) is 3.74. The van der Waals surface area contributed by atoms with Crippen LogP contribution in [0.1, 0.15) is 80.6 Å². The molecule has 1 amide bonds. The van der Waals surface area contributed by atoms with Gasteiger partial charge in [-0.05, 0) is 68.7 Å². The van der Waals surface area contributed by atoms with Gasteiger partial charge in [0.15, 0.2) is 0 Å². The van der Waals surface area contributed by atoms with Gasteiger partial charge >= 0.3 is 5.97 Å². The Hall–Kier alpha value is -3.02. The Kier molecular flexibility index (Phi) is 9.27. The molecule has 37 heavy (non-hydrogen) atoms. The van der Waals surface area contributed by atoms with Gasteiger partial charge in [0.25, 0.3) is 11.8 Å². The molecule has 1 atom stereocenters. The number of rotatable bonds is 11. The summed E-state index contributed by atoms with van der Waals surface area (Å²) in [7, 11) is 1.41. The Labute approximate surface area is 219 Å². The molecule has 0 bridgehead atoms. The molecule has 0 heterocycles. The Morgan fingerprint density at radius 2 is 1.73 bits per heavy atom. The Bertz CT molecular complexity index is 1040. The van der Waals surface area contributed by atoms with Crippen molar-refractivity contribution in [3.63, 3.8) is 0 Å². The minimum absolute atomic E-state index is 0.00101. The fourth-order valence-corrected chi connectivity index (χ4v) is 5.46. The predicted octanol–water partition coefficient (Wildman–Crippen LogP) is 7.40. The van der Waals surface area contributed by atoms with Crippen LogP contribution in [0.5, 0.6) is 0 Å². The summed E-state index contributed by atoms with van der Waals surface area (Å²) in [6, 6.07) is 6.75. The number of benzene rings is 1. The summed E-state index contributed by atoms with van der Waals surface area (Å²) in [5, 5.41) is 0. The van der Waals surface area contributed by atoms with Crippen molar-refractivity contribution in [1.82, 2.24) is 4.90 Å². The van der Waals surface area contributed by atoms with Crippen molar-refractivity contribution >= 4 is 11.9 Å². The van der Waals surface area contributed by atoms with Gasteiger partial charge in [0.2, 0.25) is 0 Å². The smallest absolute Gasteiger partial charge is 0.316 e. The molecule has 1 aromatic rings. The Balaban J connectivity index is 1.80. The molecule has 0 N–H and O–H groups in total. The van der Waals surface area contributed by atoms with Crippen LogP contribution < -0.4 is 0 Å². The molecular formula is C31H39F2NO3. The van der Waals surface area contributed by atoms with Gasteiger partial charge in [-0.1, -0.05) is 56.0 Å². The zero-order valence-electron chi connectivity index (χ0n) is 22.2. The van der Waals surface area contributed by atoms with E-state index in [2.05, 4.69) is 13.2 Å². The number of allylic oxidation sites excluding steroid dienone is 5. The Morgan fingerprint density at radius 3 is 2.22 bits per heavy atom. The van der Waals surface area contributed by atoms with E-state index in [-0.39, 0.29) is 24.0 Å². The number of amides is 1. The van der Waals surface area contributed by atoms with Gasteiger partial charge in [-0.15, -0.1) is 6.58 Å². The molecule has 4 nitrogen and oxygen atoms in total. The summed E-state index contributed by atoms with van der Waals surface area (Å²) in [4.78, 5) is 28.5. The first kappa shape index (κ1) is 28.5. The topological polar surface area (TPSA) is 46.6 Å². The summed E-state index contributed by atoms with van der Waals surface area (Å²) in [5.74, 6) is -4.23. The zero-order chi connectivity index (χ0) is 27.2. The van der Waals surface area contributed by atoms with E-state index in [4.69, 9.17) is 4.74 Å². The largest absolute Gasteiger partial charge is 0.468 e. The molecule has 200 valence electrons.